The van der Waals surface area contributed by atoms with Gasteiger partial charge < -0.3 is 9.47 Å². The molecule has 5 nitrogen and oxygen atoms in total. The SMILES string of the molecule is CC(CCl)CS(=O)(=O)NC(C)c1ccc2c(c1)OCO2. The lowest BCUT2D eigenvalue weighted by atomic mass is 10.1. The van der Waals surface area contributed by atoms with Gasteiger partial charge in [-0.05, 0) is 30.5 Å². The number of benzene rings is 1. The molecule has 1 N–H and O–H groups in total. The second-order valence-electron chi connectivity index (χ2n) is 4.99. The van der Waals surface area contributed by atoms with Crippen molar-refractivity contribution >= 4 is 21.6 Å². The van der Waals surface area contributed by atoms with Crippen molar-refractivity contribution in [2.24, 2.45) is 5.92 Å². The molecule has 0 radical (unpaired) electrons. The van der Waals surface area contributed by atoms with Crippen LogP contribution in [0, 0.1) is 5.92 Å². The molecule has 2 unspecified atom stereocenters. The number of nitrogens with one attached hydrogen (secondary N) is 1. The van der Waals surface area contributed by atoms with Crippen molar-refractivity contribution < 1.29 is 17.9 Å². The summed E-state index contributed by atoms with van der Waals surface area (Å²) < 4.78 is 37.1. The number of hydrogen-bond donors (Lipinski definition) is 1. The van der Waals surface area contributed by atoms with Crippen molar-refractivity contribution in [3.8, 4) is 11.5 Å². The molecular weight excluding hydrogens is 302 g/mol. The average Bonchev–Trinajstić information content (AvgIpc) is 2.84. The van der Waals surface area contributed by atoms with E-state index < -0.39 is 10.0 Å². The highest BCUT2D eigenvalue weighted by Gasteiger charge is 2.21. The fourth-order valence-electron chi connectivity index (χ4n) is 1.99. The minimum absolute atomic E-state index is 0.0192. The van der Waals surface area contributed by atoms with E-state index in [4.69, 9.17) is 21.1 Å². The summed E-state index contributed by atoms with van der Waals surface area (Å²) in [6, 6.07) is 5.06. The minimum atomic E-state index is -3.36. The van der Waals surface area contributed by atoms with Gasteiger partial charge in [-0.2, -0.15) is 0 Å². The van der Waals surface area contributed by atoms with Gasteiger partial charge in [0.15, 0.2) is 11.5 Å². The third kappa shape index (κ3) is 3.77. The van der Waals surface area contributed by atoms with Gasteiger partial charge in [0.05, 0.1) is 5.75 Å². The first-order chi connectivity index (χ1) is 9.41. The number of alkyl halides is 1. The molecule has 0 amide bonds. The number of sulfonamides is 1. The van der Waals surface area contributed by atoms with Gasteiger partial charge in [0.2, 0.25) is 16.8 Å². The van der Waals surface area contributed by atoms with Crippen molar-refractivity contribution in [3.05, 3.63) is 23.8 Å². The number of hydrogen-bond acceptors (Lipinski definition) is 4. The fraction of sp³-hybridized carbons (Fsp3) is 0.538. The maximum Gasteiger partial charge on any atom is 0.231 e. The Bertz CT molecular complexity index is 576. The van der Waals surface area contributed by atoms with Crippen LogP contribution in [0.25, 0.3) is 0 Å². The average molecular weight is 320 g/mol. The van der Waals surface area contributed by atoms with Crippen molar-refractivity contribution in [1.29, 1.82) is 0 Å². The van der Waals surface area contributed by atoms with Gasteiger partial charge in [0, 0.05) is 11.9 Å². The summed E-state index contributed by atoms with van der Waals surface area (Å²) >= 11 is 5.65. The van der Waals surface area contributed by atoms with Crippen molar-refractivity contribution in [2.45, 2.75) is 19.9 Å². The number of fused-ring (bicyclic) bond motifs is 1. The van der Waals surface area contributed by atoms with Gasteiger partial charge >= 0.3 is 0 Å². The Morgan fingerprint density at radius 3 is 2.70 bits per heavy atom. The second kappa shape index (κ2) is 6.20. The molecule has 0 spiro atoms. The standard InChI is InChI=1S/C13H18ClNO4S/c1-9(6-14)7-20(16,17)15-10(2)11-3-4-12-13(5-11)19-8-18-12/h3-5,9-10,15H,6-8H2,1-2H3. The molecule has 0 aromatic heterocycles. The first-order valence-corrected chi connectivity index (χ1v) is 8.55. The van der Waals surface area contributed by atoms with E-state index in [0.717, 1.165) is 5.56 Å². The van der Waals surface area contributed by atoms with E-state index in [2.05, 4.69) is 4.72 Å². The highest BCUT2D eigenvalue weighted by Crippen LogP contribution is 2.34. The second-order valence-corrected chi connectivity index (χ2v) is 7.10. The molecule has 0 aliphatic carbocycles. The first-order valence-electron chi connectivity index (χ1n) is 6.37. The number of halogens is 1. The number of ether oxygens (including phenoxy) is 2. The van der Waals surface area contributed by atoms with Crippen molar-refractivity contribution in [3.63, 3.8) is 0 Å². The molecule has 7 heteroatoms. The van der Waals surface area contributed by atoms with Gasteiger partial charge in [-0.3, -0.25) is 0 Å². The molecule has 2 rings (SSSR count). The van der Waals surface area contributed by atoms with Gasteiger partial charge in [0.25, 0.3) is 0 Å². The normalized spacial score (nSPS) is 16.9. The van der Waals surface area contributed by atoms with Crippen LogP contribution in [0.2, 0.25) is 0 Å². The Morgan fingerprint density at radius 1 is 1.30 bits per heavy atom. The lowest BCUT2D eigenvalue weighted by Crippen LogP contribution is -2.31. The molecular formula is C13H18ClNO4S. The van der Waals surface area contributed by atoms with Crippen LogP contribution in [0.1, 0.15) is 25.5 Å². The van der Waals surface area contributed by atoms with Gasteiger partial charge in [-0.15, -0.1) is 11.6 Å². The highest BCUT2D eigenvalue weighted by molar-refractivity contribution is 7.89. The monoisotopic (exact) mass is 319 g/mol. The maximum atomic E-state index is 12.0. The van der Waals surface area contributed by atoms with E-state index in [0.29, 0.717) is 17.4 Å². The lowest BCUT2D eigenvalue weighted by molar-refractivity contribution is 0.174. The summed E-state index contributed by atoms with van der Waals surface area (Å²) in [6.45, 7) is 3.80. The van der Waals surface area contributed by atoms with E-state index >= 15 is 0 Å². The van der Waals surface area contributed by atoms with Crippen LogP contribution in [-0.2, 0) is 10.0 Å². The quantitative estimate of drug-likeness (QED) is 0.817. The van der Waals surface area contributed by atoms with Crippen LogP contribution in [0.4, 0.5) is 0 Å². The van der Waals surface area contributed by atoms with Gasteiger partial charge in [0.1, 0.15) is 0 Å². The summed E-state index contributed by atoms with van der Waals surface area (Å²) in [7, 11) is -3.36. The van der Waals surface area contributed by atoms with Crippen molar-refractivity contribution in [1.82, 2.24) is 4.72 Å². The molecule has 1 heterocycles. The topological polar surface area (TPSA) is 64.6 Å². The smallest absolute Gasteiger partial charge is 0.231 e. The molecule has 0 bridgehead atoms. The Labute approximate surface area is 124 Å². The van der Waals surface area contributed by atoms with E-state index in [-0.39, 0.29) is 24.5 Å². The van der Waals surface area contributed by atoms with Crippen LogP contribution < -0.4 is 14.2 Å². The van der Waals surface area contributed by atoms with Gasteiger partial charge in [-0.25, -0.2) is 13.1 Å². The molecule has 1 aliphatic rings. The fourth-order valence-corrected chi connectivity index (χ4v) is 3.86. The molecule has 2 atom stereocenters. The summed E-state index contributed by atoms with van der Waals surface area (Å²) in [5.74, 6) is 1.57. The summed E-state index contributed by atoms with van der Waals surface area (Å²) in [6.07, 6.45) is 0. The summed E-state index contributed by atoms with van der Waals surface area (Å²) in [5.41, 5.74) is 0.830. The predicted molar refractivity (Wildman–Crippen MR) is 77.8 cm³/mol. The Kier molecular flexibility index (Phi) is 4.78. The number of rotatable bonds is 6. The van der Waals surface area contributed by atoms with Crippen LogP contribution >= 0.6 is 11.6 Å². The first kappa shape index (κ1) is 15.4. The summed E-state index contributed by atoms with van der Waals surface area (Å²) in [5, 5.41) is 0. The lowest BCUT2D eigenvalue weighted by Gasteiger charge is -2.16. The zero-order valence-corrected chi connectivity index (χ0v) is 13.0. The Morgan fingerprint density at radius 2 is 2.00 bits per heavy atom. The largest absolute Gasteiger partial charge is 0.454 e. The minimum Gasteiger partial charge on any atom is -0.454 e. The van der Waals surface area contributed by atoms with Crippen LogP contribution in [-0.4, -0.2) is 26.8 Å². The Balaban J connectivity index is 2.06. The van der Waals surface area contributed by atoms with E-state index in [9.17, 15) is 8.42 Å². The van der Waals surface area contributed by atoms with Crippen LogP contribution in [0.5, 0.6) is 11.5 Å². The third-order valence-electron chi connectivity index (χ3n) is 3.02. The zero-order chi connectivity index (χ0) is 14.8. The van der Waals surface area contributed by atoms with Crippen molar-refractivity contribution in [2.75, 3.05) is 18.4 Å². The highest BCUT2D eigenvalue weighted by atomic mass is 35.5. The van der Waals surface area contributed by atoms with Gasteiger partial charge in [-0.1, -0.05) is 13.0 Å². The molecule has 0 saturated carbocycles. The van der Waals surface area contributed by atoms with Crippen LogP contribution in [0.15, 0.2) is 18.2 Å². The maximum absolute atomic E-state index is 12.0. The molecule has 1 aliphatic heterocycles. The molecule has 1 aromatic rings. The summed E-state index contributed by atoms with van der Waals surface area (Å²) in [4.78, 5) is 0. The predicted octanol–water partition coefficient (Wildman–Crippen LogP) is 2.27. The molecule has 20 heavy (non-hydrogen) atoms. The zero-order valence-electron chi connectivity index (χ0n) is 11.4. The molecule has 0 saturated heterocycles. The van der Waals surface area contributed by atoms with E-state index in [1.54, 1.807) is 26.0 Å². The van der Waals surface area contributed by atoms with Crippen LogP contribution in [0.3, 0.4) is 0 Å². The molecule has 112 valence electrons. The Hall–Kier alpha value is -0.980. The molecule has 1 aromatic carbocycles. The third-order valence-corrected chi connectivity index (χ3v) is 5.27. The van der Waals surface area contributed by atoms with E-state index in [1.807, 2.05) is 6.07 Å². The van der Waals surface area contributed by atoms with E-state index in [1.165, 1.54) is 0 Å². The molecule has 0 fully saturated rings.